The van der Waals surface area contributed by atoms with Crippen LogP contribution in [0.15, 0.2) is 0 Å². The van der Waals surface area contributed by atoms with Crippen LogP contribution >= 0.6 is 11.3 Å². The molecule has 0 spiro atoms. The number of nitrogens with one attached hydrogen (secondary N) is 1. The van der Waals surface area contributed by atoms with Crippen molar-refractivity contribution in [3.8, 4) is 0 Å². The molecule has 2 heterocycles. The van der Waals surface area contributed by atoms with E-state index in [0.29, 0.717) is 0 Å². The maximum atomic E-state index is 4.91. The fraction of sp³-hybridized carbons (Fsp3) is 0.800. The first-order valence-electron chi connectivity index (χ1n) is 7.72. The first-order chi connectivity index (χ1) is 9.28. The summed E-state index contributed by atoms with van der Waals surface area (Å²) < 4.78 is 0. The average Bonchev–Trinajstić information content (AvgIpc) is 3.03. The van der Waals surface area contributed by atoms with Gasteiger partial charge in [0.25, 0.3) is 0 Å². The predicted octanol–water partition coefficient (Wildman–Crippen LogP) is 3.44. The van der Waals surface area contributed by atoms with Crippen LogP contribution in [0.25, 0.3) is 0 Å². The fourth-order valence-corrected chi connectivity index (χ4v) is 3.76. The molecule has 1 N–H and O–H groups in total. The molecule has 1 atom stereocenters. The molecule has 1 saturated heterocycles. The first kappa shape index (κ1) is 14.8. The Morgan fingerprint density at radius 3 is 2.84 bits per heavy atom. The molecule has 0 bridgehead atoms. The molecule has 2 rings (SSSR count). The number of aryl methyl sites for hydroxylation is 1. The number of rotatable bonds is 7. The van der Waals surface area contributed by atoms with Gasteiger partial charge in [-0.1, -0.05) is 33.6 Å². The highest BCUT2D eigenvalue weighted by Gasteiger charge is 2.24. The second-order valence-corrected chi connectivity index (χ2v) is 6.47. The Kier molecular flexibility index (Phi) is 5.64. The van der Waals surface area contributed by atoms with Gasteiger partial charge >= 0.3 is 0 Å². The van der Waals surface area contributed by atoms with E-state index in [1.54, 1.807) is 0 Å². The fourth-order valence-electron chi connectivity index (χ4n) is 2.65. The lowest BCUT2D eigenvalue weighted by Gasteiger charge is -2.14. The van der Waals surface area contributed by atoms with Crippen LogP contribution in [-0.4, -0.2) is 24.6 Å². The molecule has 19 heavy (non-hydrogen) atoms. The predicted molar refractivity (Wildman–Crippen MR) is 84.1 cm³/mol. The monoisotopic (exact) mass is 281 g/mol. The molecule has 108 valence electrons. The van der Waals surface area contributed by atoms with Crippen LogP contribution in [0, 0.1) is 5.92 Å². The van der Waals surface area contributed by atoms with E-state index in [9.17, 15) is 0 Å². The van der Waals surface area contributed by atoms with E-state index in [-0.39, 0.29) is 0 Å². The summed E-state index contributed by atoms with van der Waals surface area (Å²) in [6, 6.07) is 0. The van der Waals surface area contributed by atoms with Gasteiger partial charge in [-0.2, -0.15) is 0 Å². The van der Waals surface area contributed by atoms with Gasteiger partial charge in [0.15, 0.2) is 5.13 Å². The standard InChI is InChI=1S/C15H27N3S/c1-4-7-13-14(10-16-6-3)19-15(17-13)18-9-8-12(5-2)11-18/h12,16H,4-11H2,1-3H3. The Balaban J connectivity index is 2.08. The third-order valence-corrected chi connectivity index (χ3v) is 5.08. The van der Waals surface area contributed by atoms with E-state index >= 15 is 0 Å². The summed E-state index contributed by atoms with van der Waals surface area (Å²) in [6.45, 7) is 11.1. The molecule has 1 aromatic rings. The Morgan fingerprint density at radius 2 is 2.21 bits per heavy atom. The molecule has 0 aliphatic carbocycles. The molecule has 4 heteroatoms. The third-order valence-electron chi connectivity index (χ3n) is 3.92. The van der Waals surface area contributed by atoms with Crippen LogP contribution in [0.1, 0.15) is 50.6 Å². The van der Waals surface area contributed by atoms with E-state index in [4.69, 9.17) is 4.98 Å². The highest BCUT2D eigenvalue weighted by atomic mass is 32.1. The van der Waals surface area contributed by atoms with Crippen molar-refractivity contribution >= 4 is 16.5 Å². The smallest absolute Gasteiger partial charge is 0.185 e. The van der Waals surface area contributed by atoms with Gasteiger partial charge in [-0.05, 0) is 25.3 Å². The SMILES string of the molecule is CCCc1nc(N2CCC(CC)C2)sc1CNCC. The van der Waals surface area contributed by atoms with Crippen molar-refractivity contribution in [2.45, 2.75) is 53.0 Å². The van der Waals surface area contributed by atoms with Gasteiger partial charge < -0.3 is 10.2 Å². The largest absolute Gasteiger partial charge is 0.348 e. The quantitative estimate of drug-likeness (QED) is 0.830. The lowest BCUT2D eigenvalue weighted by atomic mass is 10.1. The van der Waals surface area contributed by atoms with Crippen LogP contribution in [0.2, 0.25) is 0 Å². The number of hydrogen-bond donors (Lipinski definition) is 1. The molecule has 0 aromatic carbocycles. The summed E-state index contributed by atoms with van der Waals surface area (Å²) in [4.78, 5) is 8.84. The van der Waals surface area contributed by atoms with Gasteiger partial charge in [0.2, 0.25) is 0 Å². The van der Waals surface area contributed by atoms with E-state index in [0.717, 1.165) is 25.4 Å². The molecule has 1 fully saturated rings. The van der Waals surface area contributed by atoms with Crippen molar-refractivity contribution in [2.24, 2.45) is 5.92 Å². The van der Waals surface area contributed by atoms with E-state index in [1.807, 2.05) is 11.3 Å². The zero-order chi connectivity index (χ0) is 13.7. The molecule has 0 radical (unpaired) electrons. The summed E-state index contributed by atoms with van der Waals surface area (Å²) in [5, 5.41) is 4.70. The number of aromatic nitrogens is 1. The Labute approximate surface area is 121 Å². The normalized spacial score (nSPS) is 19.3. The van der Waals surface area contributed by atoms with Crippen molar-refractivity contribution in [1.29, 1.82) is 0 Å². The third kappa shape index (κ3) is 3.69. The van der Waals surface area contributed by atoms with Gasteiger partial charge in [-0.3, -0.25) is 0 Å². The summed E-state index contributed by atoms with van der Waals surface area (Å²) in [5.41, 5.74) is 1.32. The molecule has 1 unspecified atom stereocenters. The maximum Gasteiger partial charge on any atom is 0.185 e. The molecule has 1 aliphatic heterocycles. The van der Waals surface area contributed by atoms with Crippen molar-refractivity contribution in [1.82, 2.24) is 10.3 Å². The van der Waals surface area contributed by atoms with Gasteiger partial charge in [0.05, 0.1) is 5.69 Å². The minimum atomic E-state index is 0.871. The number of anilines is 1. The van der Waals surface area contributed by atoms with Crippen molar-refractivity contribution in [2.75, 3.05) is 24.5 Å². The number of nitrogens with zero attached hydrogens (tertiary/aromatic N) is 2. The Morgan fingerprint density at radius 1 is 1.37 bits per heavy atom. The van der Waals surface area contributed by atoms with E-state index < -0.39 is 0 Å². The van der Waals surface area contributed by atoms with Gasteiger partial charge in [0, 0.05) is 24.5 Å². The molecular weight excluding hydrogens is 254 g/mol. The maximum absolute atomic E-state index is 4.91. The van der Waals surface area contributed by atoms with E-state index in [1.165, 1.54) is 48.1 Å². The zero-order valence-electron chi connectivity index (χ0n) is 12.5. The summed E-state index contributed by atoms with van der Waals surface area (Å²) >= 11 is 1.90. The number of thiazole rings is 1. The lowest BCUT2D eigenvalue weighted by molar-refractivity contribution is 0.569. The highest BCUT2D eigenvalue weighted by molar-refractivity contribution is 7.15. The second kappa shape index (κ2) is 7.25. The van der Waals surface area contributed by atoms with Crippen LogP contribution < -0.4 is 10.2 Å². The molecule has 1 aromatic heterocycles. The lowest BCUT2D eigenvalue weighted by Crippen LogP contribution is -2.19. The molecule has 1 aliphatic rings. The van der Waals surface area contributed by atoms with Gasteiger partial charge in [-0.25, -0.2) is 4.98 Å². The summed E-state index contributed by atoms with van der Waals surface area (Å²) in [5.74, 6) is 0.871. The van der Waals surface area contributed by atoms with Crippen molar-refractivity contribution in [3.05, 3.63) is 10.6 Å². The van der Waals surface area contributed by atoms with Crippen LogP contribution in [-0.2, 0) is 13.0 Å². The minimum absolute atomic E-state index is 0.871. The summed E-state index contributed by atoms with van der Waals surface area (Å²) in [7, 11) is 0. The van der Waals surface area contributed by atoms with Crippen LogP contribution in [0.3, 0.4) is 0 Å². The number of hydrogen-bond acceptors (Lipinski definition) is 4. The molecular formula is C15H27N3S. The summed E-state index contributed by atoms with van der Waals surface area (Å²) in [6.07, 6.45) is 4.93. The molecule has 3 nitrogen and oxygen atoms in total. The first-order valence-corrected chi connectivity index (χ1v) is 8.54. The molecule has 0 amide bonds. The van der Waals surface area contributed by atoms with Crippen molar-refractivity contribution < 1.29 is 0 Å². The minimum Gasteiger partial charge on any atom is -0.348 e. The topological polar surface area (TPSA) is 28.2 Å². The van der Waals surface area contributed by atoms with Gasteiger partial charge in [-0.15, -0.1) is 11.3 Å². The van der Waals surface area contributed by atoms with Crippen LogP contribution in [0.5, 0.6) is 0 Å². The molecule has 0 saturated carbocycles. The Bertz CT molecular complexity index is 389. The second-order valence-electron chi connectivity index (χ2n) is 5.41. The van der Waals surface area contributed by atoms with Gasteiger partial charge in [0.1, 0.15) is 0 Å². The Hall–Kier alpha value is -0.610. The zero-order valence-corrected chi connectivity index (χ0v) is 13.4. The van der Waals surface area contributed by atoms with Crippen LogP contribution in [0.4, 0.5) is 5.13 Å². The van der Waals surface area contributed by atoms with E-state index in [2.05, 4.69) is 31.0 Å². The highest BCUT2D eigenvalue weighted by Crippen LogP contribution is 2.31. The average molecular weight is 281 g/mol. The van der Waals surface area contributed by atoms with Crippen molar-refractivity contribution in [3.63, 3.8) is 0 Å².